The summed E-state index contributed by atoms with van der Waals surface area (Å²) < 4.78 is 340. The Morgan fingerprint density at radius 2 is 0.544 bits per heavy atom. The third-order valence-corrected chi connectivity index (χ3v) is 13.3. The van der Waals surface area contributed by atoms with Crippen LogP contribution in [0.15, 0.2) is 0 Å². The molecule has 0 aliphatic carbocycles. The SMILES string of the molecule is CC(C)[O-].CCCCCCCCCCCCCCCCCC(=O)OC.CCCCCCCCCCCCCCCCCC(=O)OCCC(F)(F)C(F)(F)C(F)(F)C(F)(F)C(F)(F)C(F)(F)F.CO.OCCC(F)(F)C(F)(F)C(F)(F)C(F)(F)C(F)(F)C(F)(F)F. The summed E-state index contributed by atoms with van der Waals surface area (Å²) in [6.45, 7) is 4.01. The van der Waals surface area contributed by atoms with Crippen molar-refractivity contribution in [3.05, 3.63) is 0 Å². The van der Waals surface area contributed by atoms with E-state index in [9.17, 15) is 129 Å². The quantitative estimate of drug-likeness (QED) is 0.0354. The smallest absolute Gasteiger partial charge is 0.460 e. The zero-order chi connectivity index (χ0) is 71.6. The van der Waals surface area contributed by atoms with Crippen molar-refractivity contribution in [1.82, 2.24) is 0 Å². The predicted molar refractivity (Wildman–Crippen MR) is 283 cm³/mol. The summed E-state index contributed by atoms with van der Waals surface area (Å²) in [5.74, 6) is -75.3. The Labute approximate surface area is 510 Å². The maximum atomic E-state index is 13.7. The van der Waals surface area contributed by atoms with Gasteiger partial charge in [0.2, 0.25) is 0 Å². The van der Waals surface area contributed by atoms with E-state index < -0.39 is 110 Å². The van der Waals surface area contributed by atoms with E-state index in [1.165, 1.54) is 142 Å². The highest BCUT2D eigenvalue weighted by Gasteiger charge is 2.92. The third kappa shape index (κ3) is 33.4. The van der Waals surface area contributed by atoms with Crippen LogP contribution in [0.4, 0.5) is 114 Å². The van der Waals surface area contributed by atoms with Gasteiger partial charge in [0, 0.05) is 33.0 Å². The van der Waals surface area contributed by atoms with Gasteiger partial charge in [-0.2, -0.15) is 114 Å². The maximum absolute atomic E-state index is 13.7. The molecule has 0 aromatic carbocycles. The van der Waals surface area contributed by atoms with Crippen LogP contribution in [0.5, 0.6) is 0 Å². The highest BCUT2D eigenvalue weighted by molar-refractivity contribution is 5.69. The lowest BCUT2D eigenvalue weighted by Gasteiger charge is -2.39. The van der Waals surface area contributed by atoms with Gasteiger partial charge in [-0.05, 0) is 12.8 Å². The first kappa shape index (κ1) is 95.7. The number of rotatable bonds is 45. The van der Waals surface area contributed by atoms with Crippen LogP contribution in [-0.2, 0) is 19.1 Å². The Balaban J connectivity index is -0.000000414. The van der Waals surface area contributed by atoms with E-state index in [1.807, 2.05) is 0 Å². The molecule has 7 nitrogen and oxygen atoms in total. The number of carbonyl (C=O) groups excluding carboxylic acids is 2. The summed E-state index contributed by atoms with van der Waals surface area (Å²) in [5.41, 5.74) is 0. The van der Waals surface area contributed by atoms with Gasteiger partial charge in [0.1, 0.15) is 0 Å². The van der Waals surface area contributed by atoms with Gasteiger partial charge in [-0.3, -0.25) is 9.59 Å². The second kappa shape index (κ2) is 46.2. The molecule has 0 aromatic heterocycles. The van der Waals surface area contributed by atoms with Crippen molar-refractivity contribution in [2.45, 2.75) is 324 Å². The molecule has 0 radical (unpaired) electrons. The second-order valence-corrected chi connectivity index (χ2v) is 21.5. The van der Waals surface area contributed by atoms with Crippen molar-refractivity contribution in [3.8, 4) is 0 Å². The van der Waals surface area contributed by atoms with E-state index in [4.69, 9.17) is 10.2 Å². The Morgan fingerprint density at radius 1 is 0.344 bits per heavy atom. The summed E-state index contributed by atoms with van der Waals surface area (Å²) in [6.07, 6.45) is 15.5. The molecule has 0 fully saturated rings. The van der Waals surface area contributed by atoms with E-state index in [2.05, 4.69) is 23.3 Å². The predicted octanol–water partition coefficient (Wildman–Crippen LogP) is 20.8. The number of hydrogen-bond acceptors (Lipinski definition) is 7. The van der Waals surface area contributed by atoms with E-state index in [0.717, 1.165) is 52.1 Å². The van der Waals surface area contributed by atoms with Crippen molar-refractivity contribution < 1.29 is 149 Å². The zero-order valence-corrected chi connectivity index (χ0v) is 51.8. The summed E-state index contributed by atoms with van der Waals surface area (Å²) in [4.78, 5) is 22.5. The lowest BCUT2D eigenvalue weighted by atomic mass is 9.93. The Hall–Kier alpha value is -3.00. The highest BCUT2D eigenvalue weighted by atomic mass is 19.4. The molecule has 33 heteroatoms. The first-order chi connectivity index (χ1) is 41.1. The third-order valence-electron chi connectivity index (χ3n) is 13.3. The fourth-order valence-corrected chi connectivity index (χ4v) is 7.81. The molecule has 546 valence electrons. The number of esters is 2. The average molecular weight is 1380 g/mol. The molecule has 0 aliphatic heterocycles. The molecule has 0 amide bonds. The minimum absolute atomic E-state index is 0.0651. The van der Waals surface area contributed by atoms with Crippen molar-refractivity contribution >= 4 is 11.9 Å². The monoisotopic (exact) mass is 1380 g/mol. The fraction of sp³-hybridized carbons (Fsp3) is 0.965. The normalized spacial score (nSPS) is 13.3. The van der Waals surface area contributed by atoms with Crippen LogP contribution in [0.2, 0.25) is 0 Å². The van der Waals surface area contributed by atoms with Gasteiger partial charge in [0.05, 0.1) is 20.1 Å². The standard InChI is InChI=1S/C26H39F13O2.C19H38O2.C8H5F13O.C3H7O.CH4O/c1-2-3-4-5-6-7-8-9-10-11-12-13-14-15-16-17-20(40)41-19-18-21(27,28)22(29,30)23(31,32)24(33,34)25(35,36)26(37,38)39;1-3-4-5-6-7-8-9-10-11-12-13-14-15-16-17-18-19(20)21-2;9-3(10,1-2-22)4(11,12)5(13,14)6(15,16)7(17,18)8(19,20)21;1-3(2)4;1-2/h2-19H2,1H3;3-18H2,1-2H3;22H,1-2H2;3H,1-2H3;2H,1H3/q;;;-1;. The number of aliphatic hydroxyl groups excluding tert-OH is 2. The van der Waals surface area contributed by atoms with Crippen LogP contribution in [0, 0.1) is 0 Å². The number of alkyl halides is 26. The van der Waals surface area contributed by atoms with Crippen LogP contribution in [0.1, 0.15) is 246 Å². The van der Waals surface area contributed by atoms with Crippen LogP contribution < -0.4 is 5.11 Å². The summed E-state index contributed by atoms with van der Waals surface area (Å²) in [6, 6.07) is 0. The highest BCUT2D eigenvalue weighted by Crippen LogP contribution is 2.62. The van der Waals surface area contributed by atoms with Crippen molar-refractivity contribution in [2.75, 3.05) is 27.4 Å². The molecule has 0 bridgehead atoms. The number of carbonyl (C=O) groups is 2. The number of methoxy groups -OCH3 is 1. The molecule has 90 heavy (non-hydrogen) atoms. The van der Waals surface area contributed by atoms with E-state index in [1.54, 1.807) is 13.8 Å². The first-order valence-electron chi connectivity index (χ1n) is 29.9. The number of halogens is 26. The van der Waals surface area contributed by atoms with Crippen LogP contribution in [0.3, 0.4) is 0 Å². The molecular weight excluding hydrogens is 1290 g/mol. The molecule has 0 saturated heterocycles. The largest absolute Gasteiger partial charge is 0.852 e. The molecule has 0 spiro atoms. The van der Waals surface area contributed by atoms with Crippen molar-refractivity contribution in [1.29, 1.82) is 0 Å². The van der Waals surface area contributed by atoms with Crippen molar-refractivity contribution in [3.63, 3.8) is 0 Å². The Kier molecular flexibility index (Phi) is 49.1. The molecule has 0 heterocycles. The lowest BCUT2D eigenvalue weighted by molar-refractivity contribution is -0.440. The number of hydrogen-bond donors (Lipinski definition) is 2. The summed E-state index contributed by atoms with van der Waals surface area (Å²) in [7, 11) is 2.47. The molecule has 0 aliphatic rings. The average Bonchev–Trinajstić information content (AvgIpc) is 0.910. The molecule has 0 rings (SSSR count). The summed E-state index contributed by atoms with van der Waals surface area (Å²) in [5, 5.41) is 24.5. The lowest BCUT2D eigenvalue weighted by Crippen LogP contribution is -2.70. The molecule has 0 saturated carbocycles. The Bertz CT molecular complexity index is 1780. The van der Waals surface area contributed by atoms with Crippen LogP contribution in [-0.4, -0.2) is 127 Å². The van der Waals surface area contributed by atoms with Gasteiger partial charge in [0.25, 0.3) is 0 Å². The minimum Gasteiger partial charge on any atom is -0.852 e. The number of unbranched alkanes of at least 4 members (excludes halogenated alkanes) is 28. The minimum atomic E-state index is -7.94. The van der Waals surface area contributed by atoms with Crippen LogP contribution >= 0.6 is 0 Å². The topological polar surface area (TPSA) is 116 Å². The van der Waals surface area contributed by atoms with Gasteiger partial charge in [-0.15, -0.1) is 6.10 Å². The summed E-state index contributed by atoms with van der Waals surface area (Å²) >= 11 is 0. The first-order valence-corrected chi connectivity index (χ1v) is 29.9. The van der Waals surface area contributed by atoms with E-state index >= 15 is 0 Å². The fourth-order valence-electron chi connectivity index (χ4n) is 7.81. The van der Waals surface area contributed by atoms with Gasteiger partial charge in [-0.1, -0.05) is 207 Å². The number of aliphatic hydroxyl groups is 2. The number of ether oxygens (including phenoxy) is 2. The molecule has 0 unspecified atom stereocenters. The molecular formula is C57H93F26O7-. The Morgan fingerprint density at radius 3 is 0.756 bits per heavy atom. The van der Waals surface area contributed by atoms with E-state index in [-0.39, 0.29) is 18.8 Å². The van der Waals surface area contributed by atoms with Crippen LogP contribution in [0.25, 0.3) is 0 Å². The van der Waals surface area contributed by atoms with Gasteiger partial charge < -0.3 is 24.8 Å². The van der Waals surface area contributed by atoms with Gasteiger partial charge >= 0.3 is 83.5 Å². The second-order valence-electron chi connectivity index (χ2n) is 21.5. The van der Waals surface area contributed by atoms with Gasteiger partial charge in [-0.25, -0.2) is 0 Å². The van der Waals surface area contributed by atoms with E-state index in [0.29, 0.717) is 12.8 Å². The maximum Gasteiger partial charge on any atom is 0.460 e. The zero-order valence-electron chi connectivity index (χ0n) is 51.8. The molecule has 0 atom stereocenters. The molecule has 2 N–H and O–H groups in total. The van der Waals surface area contributed by atoms with Gasteiger partial charge in [0.15, 0.2) is 0 Å². The molecule has 0 aromatic rings. The van der Waals surface area contributed by atoms with Crippen molar-refractivity contribution in [2.24, 2.45) is 0 Å².